The number of nitrogens with zero attached hydrogens (tertiary/aromatic N) is 2. The monoisotopic (exact) mass is 396 g/mol. The van der Waals surface area contributed by atoms with Crippen molar-refractivity contribution in [3.63, 3.8) is 0 Å². The molecule has 0 N–H and O–H groups in total. The average molecular weight is 397 g/mol. The Kier molecular flexibility index (Phi) is 12.2. The Hall–Kier alpha value is -2.14. The molecule has 0 aliphatic rings. The van der Waals surface area contributed by atoms with E-state index in [1.165, 1.54) is 22.4 Å². The third-order valence-corrected chi connectivity index (χ3v) is 5.10. The molecule has 0 unspecified atom stereocenters. The fraction of sp³-hybridized carbons (Fsp3) is 0.556. The van der Waals surface area contributed by atoms with Crippen molar-refractivity contribution in [3.8, 4) is 12.3 Å². The molecule has 0 radical (unpaired) electrons. The van der Waals surface area contributed by atoms with Crippen LogP contribution in [0, 0.1) is 30.1 Å². The molecular formula is C27H44N2. The van der Waals surface area contributed by atoms with E-state index < -0.39 is 0 Å². The molecule has 0 atom stereocenters. The van der Waals surface area contributed by atoms with Crippen LogP contribution in [0.1, 0.15) is 61.8 Å². The second kappa shape index (κ2) is 13.2. The Bertz CT molecular complexity index is 691. The molecule has 0 aliphatic heterocycles. The van der Waals surface area contributed by atoms with E-state index in [0.717, 1.165) is 18.8 Å². The van der Waals surface area contributed by atoms with Crippen LogP contribution in [0.5, 0.6) is 0 Å². The Morgan fingerprint density at radius 1 is 1.00 bits per heavy atom. The van der Waals surface area contributed by atoms with Crippen LogP contribution in [-0.2, 0) is 0 Å². The van der Waals surface area contributed by atoms with E-state index in [9.17, 15) is 0 Å². The van der Waals surface area contributed by atoms with E-state index >= 15 is 0 Å². The minimum absolute atomic E-state index is 0.379. The zero-order valence-electron chi connectivity index (χ0n) is 20.6. The Labute approximate surface area is 181 Å². The van der Waals surface area contributed by atoms with Crippen LogP contribution < -0.4 is 0 Å². The summed E-state index contributed by atoms with van der Waals surface area (Å²) in [6.07, 6.45) is 15.2. The maximum Gasteiger partial charge on any atom is 0.0897 e. The zero-order chi connectivity index (χ0) is 22.7. The summed E-state index contributed by atoms with van der Waals surface area (Å²) in [5, 5.41) is 0. The minimum atomic E-state index is 0.379. The van der Waals surface area contributed by atoms with Gasteiger partial charge in [-0.1, -0.05) is 79.2 Å². The molecule has 0 heterocycles. The first-order valence-electron chi connectivity index (χ1n) is 10.9. The van der Waals surface area contributed by atoms with Gasteiger partial charge in [0.1, 0.15) is 0 Å². The van der Waals surface area contributed by atoms with Gasteiger partial charge in [0.05, 0.1) is 6.67 Å². The predicted octanol–water partition coefficient (Wildman–Crippen LogP) is 7.02. The second-order valence-electron chi connectivity index (χ2n) is 8.58. The number of allylic oxidation sites excluding steroid dienone is 7. The highest BCUT2D eigenvalue weighted by Crippen LogP contribution is 2.30. The molecule has 0 aromatic heterocycles. The maximum atomic E-state index is 5.65. The van der Waals surface area contributed by atoms with Crippen LogP contribution in [0.15, 0.2) is 59.0 Å². The van der Waals surface area contributed by atoms with Crippen molar-refractivity contribution < 1.29 is 0 Å². The molecule has 2 heteroatoms. The Balaban J connectivity index is 6.21. The summed E-state index contributed by atoms with van der Waals surface area (Å²) in [4.78, 5) is 4.56. The van der Waals surface area contributed by atoms with Gasteiger partial charge in [-0.15, -0.1) is 6.42 Å². The fourth-order valence-corrected chi connectivity index (χ4v) is 3.45. The maximum absolute atomic E-state index is 5.65. The van der Waals surface area contributed by atoms with Gasteiger partial charge in [-0.05, 0) is 47.8 Å². The SMILES string of the molecule is C#CC=C(C(=CC)C(C)C)N(C)CN(C)C(C(=C)C(C)C)=C(C=CCC)C(C)C. The van der Waals surface area contributed by atoms with Gasteiger partial charge in [0.2, 0.25) is 0 Å². The number of terminal acetylenes is 1. The summed E-state index contributed by atoms with van der Waals surface area (Å²) < 4.78 is 0. The summed E-state index contributed by atoms with van der Waals surface area (Å²) >= 11 is 0. The topological polar surface area (TPSA) is 6.48 Å². The van der Waals surface area contributed by atoms with Gasteiger partial charge in [0, 0.05) is 31.6 Å². The smallest absolute Gasteiger partial charge is 0.0897 e. The average Bonchev–Trinajstić information content (AvgIpc) is 2.63. The van der Waals surface area contributed by atoms with Crippen LogP contribution in [0.2, 0.25) is 0 Å². The van der Waals surface area contributed by atoms with Crippen LogP contribution in [0.3, 0.4) is 0 Å². The lowest BCUT2D eigenvalue weighted by Crippen LogP contribution is -2.35. The molecule has 0 bridgehead atoms. The lowest BCUT2D eigenvalue weighted by Gasteiger charge is -2.35. The molecule has 29 heavy (non-hydrogen) atoms. The van der Waals surface area contributed by atoms with Crippen molar-refractivity contribution in [3.05, 3.63) is 59.0 Å². The van der Waals surface area contributed by atoms with E-state index in [4.69, 9.17) is 6.42 Å². The number of rotatable bonds is 11. The molecule has 162 valence electrons. The third-order valence-electron chi connectivity index (χ3n) is 5.10. The molecule has 0 aromatic carbocycles. The molecule has 0 rings (SSSR count). The number of likely N-dealkylation sites (N-methyl/N-ethyl adjacent to an activating group) is 2. The van der Waals surface area contributed by atoms with Crippen LogP contribution in [0.4, 0.5) is 0 Å². The summed E-state index contributed by atoms with van der Waals surface area (Å²) in [5.41, 5.74) is 6.10. The Morgan fingerprint density at radius 3 is 1.97 bits per heavy atom. The molecular weight excluding hydrogens is 352 g/mol. The zero-order valence-corrected chi connectivity index (χ0v) is 20.6. The second-order valence-corrected chi connectivity index (χ2v) is 8.58. The normalized spacial score (nSPS) is 13.9. The van der Waals surface area contributed by atoms with Crippen molar-refractivity contribution in [2.75, 3.05) is 20.8 Å². The third kappa shape index (κ3) is 8.01. The van der Waals surface area contributed by atoms with E-state index in [1.54, 1.807) is 0 Å². The molecule has 0 aliphatic carbocycles. The van der Waals surface area contributed by atoms with Gasteiger partial charge in [-0.3, -0.25) is 0 Å². The van der Waals surface area contributed by atoms with Gasteiger partial charge in [0.25, 0.3) is 0 Å². The molecule has 2 nitrogen and oxygen atoms in total. The minimum Gasteiger partial charge on any atom is -0.356 e. The molecule has 0 aromatic rings. The molecule has 0 amide bonds. The van der Waals surface area contributed by atoms with E-state index in [1.807, 2.05) is 6.08 Å². The molecule has 0 fully saturated rings. The lowest BCUT2D eigenvalue weighted by atomic mass is 9.91. The molecule has 0 saturated carbocycles. The summed E-state index contributed by atoms with van der Waals surface area (Å²) in [5.74, 6) is 3.93. The van der Waals surface area contributed by atoms with Crippen molar-refractivity contribution >= 4 is 0 Å². The van der Waals surface area contributed by atoms with Gasteiger partial charge in [0.15, 0.2) is 0 Å². The van der Waals surface area contributed by atoms with Crippen molar-refractivity contribution in [2.45, 2.75) is 61.8 Å². The quantitative estimate of drug-likeness (QED) is 0.210. The van der Waals surface area contributed by atoms with Gasteiger partial charge >= 0.3 is 0 Å². The van der Waals surface area contributed by atoms with Crippen LogP contribution in [-0.4, -0.2) is 30.6 Å². The largest absolute Gasteiger partial charge is 0.356 e. The van der Waals surface area contributed by atoms with Crippen molar-refractivity contribution in [2.24, 2.45) is 17.8 Å². The number of hydrogen-bond donors (Lipinski definition) is 0. The van der Waals surface area contributed by atoms with E-state index in [2.05, 4.69) is 110 Å². The van der Waals surface area contributed by atoms with Crippen molar-refractivity contribution in [1.29, 1.82) is 0 Å². The van der Waals surface area contributed by atoms with Gasteiger partial charge in [-0.25, -0.2) is 0 Å². The highest BCUT2D eigenvalue weighted by Gasteiger charge is 2.21. The predicted molar refractivity (Wildman–Crippen MR) is 131 cm³/mol. The highest BCUT2D eigenvalue weighted by molar-refractivity contribution is 5.40. The van der Waals surface area contributed by atoms with Crippen LogP contribution in [0.25, 0.3) is 0 Å². The van der Waals surface area contributed by atoms with Gasteiger partial charge < -0.3 is 9.80 Å². The molecule has 0 saturated heterocycles. The van der Waals surface area contributed by atoms with E-state index in [-0.39, 0.29) is 0 Å². The van der Waals surface area contributed by atoms with E-state index in [0.29, 0.717) is 17.8 Å². The standard InChI is InChI=1S/C27H44N2/c1-13-16-18-25(22(8)9)27(23(10)20(4)5)29(12)19-28(11)26(17-14-2)24(15-3)21(6)7/h2,15-18,20-22H,10,13,19H2,1,3-9,11-12H3. The lowest BCUT2D eigenvalue weighted by molar-refractivity contribution is 0.257. The summed E-state index contributed by atoms with van der Waals surface area (Å²) in [7, 11) is 4.26. The first-order valence-corrected chi connectivity index (χ1v) is 10.9. The number of hydrogen-bond acceptors (Lipinski definition) is 2. The first kappa shape index (κ1) is 26.9. The van der Waals surface area contributed by atoms with Gasteiger partial charge in [-0.2, -0.15) is 0 Å². The first-order chi connectivity index (χ1) is 13.5. The van der Waals surface area contributed by atoms with Crippen LogP contribution >= 0.6 is 0 Å². The molecule has 0 spiro atoms. The fourth-order valence-electron chi connectivity index (χ4n) is 3.45. The summed E-state index contributed by atoms with van der Waals surface area (Å²) in [6.45, 7) is 22.8. The highest BCUT2D eigenvalue weighted by atomic mass is 15.3. The summed E-state index contributed by atoms with van der Waals surface area (Å²) in [6, 6.07) is 0. The Morgan fingerprint density at radius 2 is 1.59 bits per heavy atom. The van der Waals surface area contributed by atoms with Crippen molar-refractivity contribution in [1.82, 2.24) is 9.80 Å².